The molecule has 4 nitrogen and oxygen atoms in total. The lowest BCUT2D eigenvalue weighted by atomic mass is 10.1. The van der Waals surface area contributed by atoms with E-state index in [9.17, 15) is 0 Å². The van der Waals surface area contributed by atoms with E-state index in [1.165, 1.54) is 16.6 Å². The number of rotatable bonds is 8. The van der Waals surface area contributed by atoms with Gasteiger partial charge in [-0.2, -0.15) is 0 Å². The summed E-state index contributed by atoms with van der Waals surface area (Å²) in [6.45, 7) is 9.43. The van der Waals surface area contributed by atoms with Crippen LogP contribution in [-0.2, 0) is 0 Å². The third kappa shape index (κ3) is 6.90. The van der Waals surface area contributed by atoms with Crippen molar-refractivity contribution in [2.45, 2.75) is 20.8 Å². The number of fused-ring (bicyclic) bond motifs is 1. The summed E-state index contributed by atoms with van der Waals surface area (Å²) in [5.74, 6) is 0. The molecular formula is C45H42N4. The molecule has 0 fully saturated rings. The summed E-state index contributed by atoms with van der Waals surface area (Å²) in [5.41, 5.74) is 18.4. The zero-order chi connectivity index (χ0) is 34.2. The Bertz CT molecular complexity index is 2120. The van der Waals surface area contributed by atoms with Crippen LogP contribution in [0.5, 0.6) is 0 Å². The van der Waals surface area contributed by atoms with Crippen LogP contribution in [0.4, 0.5) is 39.8 Å². The monoisotopic (exact) mass is 638 g/mol. The number of para-hydroxylation sites is 4. The van der Waals surface area contributed by atoms with Crippen LogP contribution in [0.3, 0.4) is 0 Å². The fourth-order valence-electron chi connectivity index (χ4n) is 6.27. The van der Waals surface area contributed by atoms with Gasteiger partial charge >= 0.3 is 0 Å². The van der Waals surface area contributed by atoms with E-state index in [0.29, 0.717) is 0 Å². The molecule has 0 saturated carbocycles. The molecule has 1 aromatic heterocycles. The van der Waals surface area contributed by atoms with Gasteiger partial charge < -0.3 is 20.1 Å². The molecule has 7 aromatic rings. The molecule has 2 N–H and O–H groups in total. The minimum Gasteiger partial charge on any atom is -0.397 e. The van der Waals surface area contributed by atoms with E-state index in [1.807, 2.05) is 32.1 Å². The van der Waals surface area contributed by atoms with Crippen LogP contribution in [0.2, 0.25) is 0 Å². The molecule has 0 spiro atoms. The topological polar surface area (TPSA) is 37.4 Å². The number of nitrogens with zero attached hydrogens (tertiary/aromatic N) is 3. The van der Waals surface area contributed by atoms with Crippen LogP contribution in [0.25, 0.3) is 22.7 Å². The van der Waals surface area contributed by atoms with Crippen molar-refractivity contribution in [3.8, 4) is 5.69 Å². The molecule has 0 unspecified atom stereocenters. The van der Waals surface area contributed by atoms with Gasteiger partial charge in [-0.3, -0.25) is 0 Å². The molecule has 49 heavy (non-hydrogen) atoms. The van der Waals surface area contributed by atoms with Crippen LogP contribution < -0.4 is 15.5 Å². The Hall–Kier alpha value is -6.26. The molecule has 0 aliphatic carbocycles. The summed E-state index contributed by atoms with van der Waals surface area (Å²) in [5, 5.41) is 1.17. The molecule has 4 heteroatoms. The van der Waals surface area contributed by atoms with Gasteiger partial charge in [-0.05, 0) is 117 Å². The molecular weight excluding hydrogens is 597 g/mol. The maximum Gasteiger partial charge on any atom is 0.0697 e. The second-order valence-corrected chi connectivity index (χ2v) is 11.7. The molecule has 0 bridgehead atoms. The number of hydrogen-bond acceptors (Lipinski definition) is 3. The molecule has 0 amide bonds. The van der Waals surface area contributed by atoms with Crippen molar-refractivity contribution in [2.24, 2.45) is 0 Å². The molecule has 7 rings (SSSR count). The second kappa shape index (κ2) is 15.1. The van der Waals surface area contributed by atoms with E-state index in [4.69, 9.17) is 5.73 Å². The standard InChI is InChI=1S/C42H36N4.C3H6/c1-3-14-32-15-13-22-41(42(32)43)46(39-27-28-40-33(30-39)29-31(2)44(40)34-16-7-4-8-17-34)38-25-23-37(24-26-38)45(35-18-9-5-10-19-35)36-20-11-6-12-21-36;1-3-2/h3-30H,43H2,1-2H3;3H,1H2,2H3/b14-3-;. The number of aromatic nitrogens is 1. The van der Waals surface area contributed by atoms with Gasteiger partial charge in [-0.1, -0.05) is 85.0 Å². The summed E-state index contributed by atoms with van der Waals surface area (Å²) >= 11 is 0. The first-order chi connectivity index (χ1) is 24.0. The highest BCUT2D eigenvalue weighted by Crippen LogP contribution is 2.42. The minimum absolute atomic E-state index is 0.734. The maximum atomic E-state index is 6.89. The van der Waals surface area contributed by atoms with Crippen molar-refractivity contribution >= 4 is 56.8 Å². The highest BCUT2D eigenvalue weighted by Gasteiger charge is 2.19. The Morgan fingerprint density at radius 1 is 0.571 bits per heavy atom. The van der Waals surface area contributed by atoms with Gasteiger partial charge in [-0.15, -0.1) is 6.58 Å². The van der Waals surface area contributed by atoms with Crippen molar-refractivity contribution in [3.05, 3.63) is 188 Å². The summed E-state index contributed by atoms with van der Waals surface area (Å²) in [7, 11) is 0. The van der Waals surface area contributed by atoms with E-state index in [2.05, 4.69) is 180 Å². The lowest BCUT2D eigenvalue weighted by Crippen LogP contribution is -2.13. The molecule has 0 saturated heterocycles. The summed E-state index contributed by atoms with van der Waals surface area (Å²) in [4.78, 5) is 4.53. The third-order valence-electron chi connectivity index (χ3n) is 8.34. The summed E-state index contributed by atoms with van der Waals surface area (Å²) in [6.07, 6.45) is 5.84. The Morgan fingerprint density at radius 2 is 1.08 bits per heavy atom. The molecule has 0 radical (unpaired) electrons. The number of anilines is 7. The Balaban J connectivity index is 0.00000134. The average molecular weight is 639 g/mol. The highest BCUT2D eigenvalue weighted by molar-refractivity contribution is 5.93. The normalized spacial score (nSPS) is 10.8. The van der Waals surface area contributed by atoms with E-state index in [1.54, 1.807) is 6.08 Å². The van der Waals surface area contributed by atoms with Crippen LogP contribution in [0.15, 0.2) is 176 Å². The van der Waals surface area contributed by atoms with Gasteiger partial charge in [0.1, 0.15) is 0 Å². The fourth-order valence-corrected chi connectivity index (χ4v) is 6.27. The van der Waals surface area contributed by atoms with Crippen molar-refractivity contribution in [2.75, 3.05) is 15.5 Å². The number of aryl methyl sites for hydroxylation is 1. The SMILES string of the molecule is C/C=C\c1cccc(N(c2ccc(N(c3ccccc3)c3ccccc3)cc2)c2ccc3c(c2)cc(C)n3-c2ccccc2)c1N.C=CC. The van der Waals surface area contributed by atoms with E-state index in [0.717, 1.165) is 51.1 Å². The van der Waals surface area contributed by atoms with Crippen LogP contribution in [0, 0.1) is 6.92 Å². The summed E-state index contributed by atoms with van der Waals surface area (Å²) in [6, 6.07) is 55.3. The number of hydrogen-bond donors (Lipinski definition) is 1. The Morgan fingerprint density at radius 3 is 1.65 bits per heavy atom. The maximum absolute atomic E-state index is 6.89. The first-order valence-corrected chi connectivity index (χ1v) is 16.6. The molecule has 0 atom stereocenters. The lowest BCUT2D eigenvalue weighted by Gasteiger charge is -2.29. The molecule has 1 heterocycles. The predicted octanol–water partition coefficient (Wildman–Crippen LogP) is 12.7. The third-order valence-corrected chi connectivity index (χ3v) is 8.34. The van der Waals surface area contributed by atoms with E-state index < -0.39 is 0 Å². The number of nitrogens with two attached hydrogens (primary N) is 1. The Labute approximate surface area is 290 Å². The van der Waals surface area contributed by atoms with Gasteiger partial charge in [-0.25, -0.2) is 0 Å². The quantitative estimate of drug-likeness (QED) is 0.133. The zero-order valence-electron chi connectivity index (χ0n) is 28.4. The smallest absolute Gasteiger partial charge is 0.0697 e. The molecule has 0 aliphatic heterocycles. The lowest BCUT2D eigenvalue weighted by molar-refractivity contribution is 1.05. The zero-order valence-corrected chi connectivity index (χ0v) is 28.4. The highest BCUT2D eigenvalue weighted by atomic mass is 15.2. The van der Waals surface area contributed by atoms with Gasteiger partial charge in [0, 0.05) is 45.2 Å². The molecule has 6 aromatic carbocycles. The number of benzene rings is 6. The van der Waals surface area contributed by atoms with Crippen LogP contribution in [-0.4, -0.2) is 4.57 Å². The van der Waals surface area contributed by atoms with Gasteiger partial charge in [0.25, 0.3) is 0 Å². The van der Waals surface area contributed by atoms with Crippen molar-refractivity contribution < 1.29 is 0 Å². The first-order valence-electron chi connectivity index (χ1n) is 16.6. The fraction of sp³-hybridized carbons (Fsp3) is 0.0667. The summed E-state index contributed by atoms with van der Waals surface area (Å²) < 4.78 is 2.31. The second-order valence-electron chi connectivity index (χ2n) is 11.7. The largest absolute Gasteiger partial charge is 0.397 e. The Kier molecular flexibility index (Phi) is 10.1. The molecule has 242 valence electrons. The predicted molar refractivity (Wildman–Crippen MR) is 212 cm³/mol. The van der Waals surface area contributed by atoms with Gasteiger partial charge in [0.05, 0.1) is 16.9 Å². The average Bonchev–Trinajstić information content (AvgIpc) is 3.47. The van der Waals surface area contributed by atoms with E-state index >= 15 is 0 Å². The molecule has 0 aliphatic rings. The van der Waals surface area contributed by atoms with Crippen molar-refractivity contribution in [3.63, 3.8) is 0 Å². The van der Waals surface area contributed by atoms with Crippen molar-refractivity contribution in [1.82, 2.24) is 4.57 Å². The van der Waals surface area contributed by atoms with Crippen molar-refractivity contribution in [1.29, 1.82) is 0 Å². The van der Waals surface area contributed by atoms with Gasteiger partial charge in [0.15, 0.2) is 0 Å². The minimum atomic E-state index is 0.734. The number of nitrogen functional groups attached to an aromatic ring is 1. The first kappa shape index (κ1) is 32.7. The van der Waals surface area contributed by atoms with Crippen LogP contribution >= 0.6 is 0 Å². The van der Waals surface area contributed by atoms with E-state index in [-0.39, 0.29) is 0 Å². The van der Waals surface area contributed by atoms with Gasteiger partial charge in [0.2, 0.25) is 0 Å². The number of allylic oxidation sites excluding steroid dienone is 2. The van der Waals surface area contributed by atoms with Crippen LogP contribution in [0.1, 0.15) is 25.1 Å².